The number of anilines is 4. The van der Waals surface area contributed by atoms with E-state index in [0.717, 1.165) is 40.0 Å². The number of benzene rings is 4. The van der Waals surface area contributed by atoms with Crippen LogP contribution in [0.15, 0.2) is 84.9 Å². The molecule has 0 spiro atoms. The van der Waals surface area contributed by atoms with Crippen LogP contribution in [0.4, 0.5) is 22.7 Å². The van der Waals surface area contributed by atoms with Gasteiger partial charge in [0.2, 0.25) is 0 Å². The fourth-order valence-electron chi connectivity index (χ4n) is 3.85. The lowest BCUT2D eigenvalue weighted by Gasteiger charge is -2.13. The summed E-state index contributed by atoms with van der Waals surface area (Å²) in [6, 6.07) is 25.7. The SMILES string of the molecule is Cc1cc(Cc2ccc(NC(=O)c3ccc(N)cc3)c(C)c2)ccc1NC(=O)c1ccc(N)cc1. The van der Waals surface area contributed by atoms with Crippen LogP contribution < -0.4 is 22.1 Å². The molecule has 4 aromatic carbocycles. The van der Waals surface area contributed by atoms with Gasteiger partial charge in [-0.15, -0.1) is 0 Å². The van der Waals surface area contributed by atoms with Gasteiger partial charge in [0, 0.05) is 33.9 Å². The van der Waals surface area contributed by atoms with E-state index in [2.05, 4.69) is 22.8 Å². The molecule has 0 unspecified atom stereocenters. The lowest BCUT2D eigenvalue weighted by Crippen LogP contribution is -2.13. The predicted molar refractivity (Wildman–Crippen MR) is 143 cm³/mol. The highest BCUT2D eigenvalue weighted by molar-refractivity contribution is 6.05. The molecule has 0 bridgehead atoms. The second-order valence-electron chi connectivity index (χ2n) is 8.63. The standard InChI is InChI=1S/C29H28N4O2/c1-18-15-20(3-13-26(18)32-28(34)22-5-9-24(30)10-6-22)17-21-4-14-27(19(2)16-21)33-29(35)23-7-11-25(31)12-8-23/h3-16H,17,30-31H2,1-2H3,(H,32,34)(H,33,35). The Morgan fingerprint density at radius 3 is 1.31 bits per heavy atom. The quantitative estimate of drug-likeness (QED) is 0.280. The highest BCUT2D eigenvalue weighted by atomic mass is 16.2. The van der Waals surface area contributed by atoms with E-state index in [0.29, 0.717) is 22.5 Å². The van der Waals surface area contributed by atoms with E-state index in [4.69, 9.17) is 11.5 Å². The zero-order chi connectivity index (χ0) is 24.9. The molecule has 0 aliphatic carbocycles. The first-order valence-electron chi connectivity index (χ1n) is 11.3. The Balaban J connectivity index is 1.41. The van der Waals surface area contributed by atoms with Gasteiger partial charge in [-0.3, -0.25) is 9.59 Å². The van der Waals surface area contributed by atoms with E-state index in [1.807, 2.05) is 38.1 Å². The number of amides is 2. The van der Waals surface area contributed by atoms with Gasteiger partial charge < -0.3 is 22.1 Å². The van der Waals surface area contributed by atoms with E-state index >= 15 is 0 Å². The third kappa shape index (κ3) is 5.86. The van der Waals surface area contributed by atoms with Crippen LogP contribution in [0.3, 0.4) is 0 Å². The molecule has 6 heteroatoms. The summed E-state index contributed by atoms with van der Waals surface area (Å²) in [7, 11) is 0. The Morgan fingerprint density at radius 1 is 0.600 bits per heavy atom. The van der Waals surface area contributed by atoms with E-state index in [9.17, 15) is 9.59 Å². The van der Waals surface area contributed by atoms with Crippen molar-refractivity contribution in [2.24, 2.45) is 0 Å². The van der Waals surface area contributed by atoms with Crippen LogP contribution in [0.1, 0.15) is 43.0 Å². The average molecular weight is 465 g/mol. The number of aryl methyl sites for hydroxylation is 2. The van der Waals surface area contributed by atoms with Gasteiger partial charge in [0.25, 0.3) is 11.8 Å². The third-order valence-corrected chi connectivity index (χ3v) is 5.83. The molecular formula is C29H28N4O2. The van der Waals surface area contributed by atoms with Crippen LogP contribution in [-0.4, -0.2) is 11.8 Å². The molecule has 0 saturated heterocycles. The molecule has 0 saturated carbocycles. The molecule has 176 valence electrons. The van der Waals surface area contributed by atoms with E-state index in [1.165, 1.54) is 0 Å². The first-order valence-corrected chi connectivity index (χ1v) is 11.3. The molecule has 6 nitrogen and oxygen atoms in total. The molecule has 0 radical (unpaired) electrons. The van der Waals surface area contributed by atoms with E-state index < -0.39 is 0 Å². The van der Waals surface area contributed by atoms with Crippen molar-refractivity contribution in [2.75, 3.05) is 22.1 Å². The van der Waals surface area contributed by atoms with Gasteiger partial charge in [-0.05, 0) is 103 Å². The van der Waals surface area contributed by atoms with Crippen molar-refractivity contribution >= 4 is 34.6 Å². The van der Waals surface area contributed by atoms with Crippen LogP contribution in [0.25, 0.3) is 0 Å². The van der Waals surface area contributed by atoms with Crippen molar-refractivity contribution in [1.29, 1.82) is 0 Å². The minimum Gasteiger partial charge on any atom is -0.399 e. The molecular weight excluding hydrogens is 436 g/mol. The van der Waals surface area contributed by atoms with Gasteiger partial charge in [0.05, 0.1) is 0 Å². The van der Waals surface area contributed by atoms with E-state index in [-0.39, 0.29) is 11.8 Å². The first-order chi connectivity index (χ1) is 16.8. The van der Waals surface area contributed by atoms with Crippen molar-refractivity contribution in [3.63, 3.8) is 0 Å². The zero-order valence-corrected chi connectivity index (χ0v) is 19.8. The monoisotopic (exact) mass is 464 g/mol. The smallest absolute Gasteiger partial charge is 0.255 e. The summed E-state index contributed by atoms with van der Waals surface area (Å²) in [6.07, 6.45) is 0.736. The van der Waals surface area contributed by atoms with Gasteiger partial charge in [0.1, 0.15) is 0 Å². The lowest BCUT2D eigenvalue weighted by molar-refractivity contribution is 0.101. The number of rotatable bonds is 6. The number of hydrogen-bond acceptors (Lipinski definition) is 4. The Morgan fingerprint density at radius 2 is 0.971 bits per heavy atom. The summed E-state index contributed by atoms with van der Waals surface area (Å²) in [5, 5.41) is 5.92. The summed E-state index contributed by atoms with van der Waals surface area (Å²) in [5.41, 5.74) is 19.5. The molecule has 2 amide bonds. The summed E-state index contributed by atoms with van der Waals surface area (Å²) in [6.45, 7) is 3.95. The molecule has 6 N–H and O–H groups in total. The minimum absolute atomic E-state index is 0.173. The predicted octanol–water partition coefficient (Wildman–Crippen LogP) is 5.56. The summed E-state index contributed by atoms with van der Waals surface area (Å²) in [5.74, 6) is -0.346. The van der Waals surface area contributed by atoms with Gasteiger partial charge in [-0.1, -0.05) is 24.3 Å². The second kappa shape index (κ2) is 10.1. The number of carbonyl (C=O) groups excluding carboxylic acids is 2. The molecule has 0 aliphatic rings. The molecule has 0 atom stereocenters. The third-order valence-electron chi connectivity index (χ3n) is 5.83. The Bertz CT molecular complexity index is 1270. The Labute approximate surface area is 205 Å². The molecule has 4 aromatic rings. The number of nitrogen functional groups attached to an aromatic ring is 2. The van der Waals surface area contributed by atoms with Crippen LogP contribution in [0.5, 0.6) is 0 Å². The normalized spacial score (nSPS) is 10.6. The minimum atomic E-state index is -0.173. The maximum absolute atomic E-state index is 12.5. The number of hydrogen-bond donors (Lipinski definition) is 4. The number of carbonyl (C=O) groups is 2. The largest absolute Gasteiger partial charge is 0.399 e. The maximum Gasteiger partial charge on any atom is 0.255 e. The fourth-order valence-corrected chi connectivity index (χ4v) is 3.85. The van der Waals surface area contributed by atoms with Crippen molar-refractivity contribution in [3.05, 3.63) is 118 Å². The van der Waals surface area contributed by atoms with Gasteiger partial charge >= 0.3 is 0 Å². The lowest BCUT2D eigenvalue weighted by atomic mass is 10.00. The maximum atomic E-state index is 12.5. The fraction of sp³-hybridized carbons (Fsp3) is 0.103. The number of nitrogens with one attached hydrogen (secondary N) is 2. The summed E-state index contributed by atoms with van der Waals surface area (Å²) in [4.78, 5) is 25.0. The second-order valence-corrected chi connectivity index (χ2v) is 8.63. The van der Waals surface area contributed by atoms with Crippen LogP contribution in [0, 0.1) is 13.8 Å². The summed E-state index contributed by atoms with van der Waals surface area (Å²) < 4.78 is 0. The van der Waals surface area contributed by atoms with E-state index in [1.54, 1.807) is 48.5 Å². The van der Waals surface area contributed by atoms with Gasteiger partial charge in [0.15, 0.2) is 0 Å². The van der Waals surface area contributed by atoms with Gasteiger partial charge in [-0.25, -0.2) is 0 Å². The van der Waals surface area contributed by atoms with Crippen molar-refractivity contribution in [2.45, 2.75) is 20.3 Å². The average Bonchev–Trinajstić information content (AvgIpc) is 2.83. The molecule has 4 rings (SSSR count). The topological polar surface area (TPSA) is 110 Å². The summed E-state index contributed by atoms with van der Waals surface area (Å²) >= 11 is 0. The zero-order valence-electron chi connectivity index (χ0n) is 19.8. The molecule has 0 aromatic heterocycles. The van der Waals surface area contributed by atoms with Crippen LogP contribution in [-0.2, 0) is 6.42 Å². The molecule has 0 aliphatic heterocycles. The Hall–Kier alpha value is -4.58. The highest BCUT2D eigenvalue weighted by Crippen LogP contribution is 2.23. The van der Waals surface area contributed by atoms with Crippen molar-refractivity contribution < 1.29 is 9.59 Å². The number of nitrogens with two attached hydrogens (primary N) is 2. The highest BCUT2D eigenvalue weighted by Gasteiger charge is 2.10. The first kappa shape index (κ1) is 23.6. The van der Waals surface area contributed by atoms with Crippen molar-refractivity contribution in [1.82, 2.24) is 0 Å². The Kier molecular flexibility index (Phi) is 6.83. The molecule has 0 fully saturated rings. The van der Waals surface area contributed by atoms with Gasteiger partial charge in [-0.2, -0.15) is 0 Å². The molecule has 35 heavy (non-hydrogen) atoms. The van der Waals surface area contributed by atoms with Crippen molar-refractivity contribution in [3.8, 4) is 0 Å². The van der Waals surface area contributed by atoms with Crippen LogP contribution >= 0.6 is 0 Å². The van der Waals surface area contributed by atoms with Crippen LogP contribution in [0.2, 0.25) is 0 Å². The molecule has 0 heterocycles.